The third-order valence-corrected chi connectivity index (χ3v) is 1.88. The van der Waals surface area contributed by atoms with Gasteiger partial charge in [0.15, 0.2) is 5.78 Å². The molecule has 0 radical (unpaired) electrons. The van der Waals surface area contributed by atoms with Crippen LogP contribution in [-0.4, -0.2) is 17.7 Å². The molecule has 70 valence electrons. The molecule has 4 heteroatoms. The van der Waals surface area contributed by atoms with Crippen LogP contribution in [-0.2, 0) is 9.59 Å². The predicted molar refractivity (Wildman–Crippen MR) is 46.2 cm³/mol. The molecule has 1 amide bonds. The molecule has 0 bridgehead atoms. The smallest absolute Gasteiger partial charge is 0.219 e. The fourth-order valence-electron chi connectivity index (χ4n) is 0.884. The molecular weight excluding hydrogens is 156 g/mol. The Kier molecular flexibility index (Phi) is 4.51. The van der Waals surface area contributed by atoms with Crippen molar-refractivity contribution in [1.29, 1.82) is 0 Å². The molecule has 0 aromatic rings. The maximum absolute atomic E-state index is 11.3. The second-order valence-corrected chi connectivity index (χ2v) is 2.99. The number of primary amides is 1. The fourth-order valence-corrected chi connectivity index (χ4v) is 0.884. The van der Waals surface area contributed by atoms with Gasteiger partial charge in [-0.25, -0.2) is 0 Å². The average molecular weight is 172 g/mol. The van der Waals surface area contributed by atoms with Crippen molar-refractivity contribution in [2.24, 2.45) is 17.4 Å². The zero-order valence-corrected chi connectivity index (χ0v) is 7.54. The summed E-state index contributed by atoms with van der Waals surface area (Å²) in [5.74, 6) is -0.699. The van der Waals surface area contributed by atoms with E-state index in [0.29, 0.717) is 0 Å². The van der Waals surface area contributed by atoms with Gasteiger partial charge in [-0.05, 0) is 6.42 Å². The molecule has 4 nitrogen and oxygen atoms in total. The van der Waals surface area contributed by atoms with E-state index < -0.39 is 11.9 Å². The SMILES string of the molecule is CCC(C)C(=O)C(N)CC(N)=O. The minimum atomic E-state index is -0.725. The Balaban J connectivity index is 4.01. The predicted octanol–water partition coefficient (Wildman–Crippen LogP) is -0.196. The van der Waals surface area contributed by atoms with Crippen LogP contribution >= 0.6 is 0 Å². The quantitative estimate of drug-likeness (QED) is 0.602. The first-order chi connectivity index (χ1) is 5.49. The lowest BCUT2D eigenvalue weighted by atomic mass is 9.96. The lowest BCUT2D eigenvalue weighted by molar-refractivity contribution is -0.127. The van der Waals surface area contributed by atoms with Crippen molar-refractivity contribution in [1.82, 2.24) is 0 Å². The van der Waals surface area contributed by atoms with Crippen molar-refractivity contribution in [3.05, 3.63) is 0 Å². The van der Waals surface area contributed by atoms with Crippen LogP contribution in [0.1, 0.15) is 26.7 Å². The van der Waals surface area contributed by atoms with Crippen LogP contribution in [0.25, 0.3) is 0 Å². The number of carbonyl (C=O) groups is 2. The number of hydrogen-bond donors (Lipinski definition) is 2. The van der Waals surface area contributed by atoms with Crippen LogP contribution in [0.5, 0.6) is 0 Å². The van der Waals surface area contributed by atoms with E-state index in [1.165, 1.54) is 0 Å². The van der Waals surface area contributed by atoms with Crippen molar-refractivity contribution in [3.63, 3.8) is 0 Å². The minimum absolute atomic E-state index is 0.0524. The van der Waals surface area contributed by atoms with Gasteiger partial charge in [0, 0.05) is 12.3 Å². The molecule has 0 aliphatic rings. The highest BCUT2D eigenvalue weighted by Crippen LogP contribution is 2.05. The van der Waals surface area contributed by atoms with E-state index in [4.69, 9.17) is 11.5 Å². The number of nitrogens with two attached hydrogens (primary N) is 2. The van der Waals surface area contributed by atoms with Crippen LogP contribution < -0.4 is 11.5 Å². The number of carbonyl (C=O) groups excluding carboxylic acids is 2. The first kappa shape index (κ1) is 11.1. The van der Waals surface area contributed by atoms with E-state index in [1.54, 1.807) is 6.92 Å². The molecule has 0 aromatic carbocycles. The summed E-state index contributed by atoms with van der Waals surface area (Å²) in [6.07, 6.45) is 0.689. The molecule has 0 rings (SSSR count). The first-order valence-corrected chi connectivity index (χ1v) is 4.06. The van der Waals surface area contributed by atoms with E-state index in [1.807, 2.05) is 6.92 Å². The van der Waals surface area contributed by atoms with E-state index in [0.717, 1.165) is 6.42 Å². The van der Waals surface area contributed by atoms with Gasteiger partial charge in [-0.15, -0.1) is 0 Å². The fraction of sp³-hybridized carbons (Fsp3) is 0.750. The molecule has 2 atom stereocenters. The van der Waals surface area contributed by atoms with Gasteiger partial charge in [0.1, 0.15) is 0 Å². The molecule has 0 aliphatic heterocycles. The van der Waals surface area contributed by atoms with Crippen LogP contribution in [0.4, 0.5) is 0 Å². The van der Waals surface area contributed by atoms with E-state index in [9.17, 15) is 9.59 Å². The maximum atomic E-state index is 11.3. The summed E-state index contributed by atoms with van der Waals surface area (Å²) in [7, 11) is 0. The Morgan fingerprint density at radius 3 is 2.25 bits per heavy atom. The van der Waals surface area contributed by atoms with Gasteiger partial charge < -0.3 is 11.5 Å². The zero-order chi connectivity index (χ0) is 9.72. The summed E-state index contributed by atoms with van der Waals surface area (Å²) < 4.78 is 0. The highest BCUT2D eigenvalue weighted by atomic mass is 16.1. The van der Waals surface area contributed by atoms with Gasteiger partial charge in [-0.2, -0.15) is 0 Å². The molecule has 12 heavy (non-hydrogen) atoms. The normalized spacial score (nSPS) is 15.2. The summed E-state index contributed by atoms with van der Waals surface area (Å²) in [6.45, 7) is 3.70. The van der Waals surface area contributed by atoms with Crippen molar-refractivity contribution in [2.75, 3.05) is 0 Å². The zero-order valence-electron chi connectivity index (χ0n) is 7.54. The molecule has 0 saturated carbocycles. The summed E-state index contributed by atoms with van der Waals surface area (Å²) in [6, 6.07) is -0.725. The van der Waals surface area contributed by atoms with Crippen molar-refractivity contribution in [3.8, 4) is 0 Å². The Bertz CT molecular complexity index is 180. The average Bonchev–Trinajstić information content (AvgIpc) is 2.00. The topological polar surface area (TPSA) is 86.2 Å². The van der Waals surface area contributed by atoms with E-state index >= 15 is 0 Å². The first-order valence-electron chi connectivity index (χ1n) is 4.06. The summed E-state index contributed by atoms with van der Waals surface area (Å²) >= 11 is 0. The molecule has 0 fully saturated rings. The van der Waals surface area contributed by atoms with E-state index in [-0.39, 0.29) is 18.1 Å². The molecule has 0 saturated heterocycles. The summed E-state index contributed by atoms with van der Waals surface area (Å²) in [5, 5.41) is 0. The van der Waals surface area contributed by atoms with Gasteiger partial charge in [0.2, 0.25) is 5.91 Å². The Labute approximate surface area is 72.3 Å². The van der Waals surface area contributed by atoms with Crippen molar-refractivity contribution >= 4 is 11.7 Å². The highest BCUT2D eigenvalue weighted by Gasteiger charge is 2.20. The van der Waals surface area contributed by atoms with Gasteiger partial charge in [-0.1, -0.05) is 13.8 Å². The highest BCUT2D eigenvalue weighted by molar-refractivity contribution is 5.90. The second kappa shape index (κ2) is 4.87. The Morgan fingerprint density at radius 2 is 1.92 bits per heavy atom. The Hall–Kier alpha value is -0.900. The Morgan fingerprint density at radius 1 is 1.42 bits per heavy atom. The van der Waals surface area contributed by atoms with Crippen molar-refractivity contribution < 1.29 is 9.59 Å². The lowest BCUT2D eigenvalue weighted by Gasteiger charge is -2.12. The van der Waals surface area contributed by atoms with Gasteiger partial charge in [0.25, 0.3) is 0 Å². The third kappa shape index (κ3) is 3.48. The van der Waals surface area contributed by atoms with Gasteiger partial charge >= 0.3 is 0 Å². The van der Waals surface area contributed by atoms with E-state index in [2.05, 4.69) is 0 Å². The summed E-state index contributed by atoms with van der Waals surface area (Å²) in [5.41, 5.74) is 10.3. The molecule has 4 N–H and O–H groups in total. The molecule has 0 aromatic heterocycles. The van der Waals surface area contributed by atoms with Gasteiger partial charge in [-0.3, -0.25) is 9.59 Å². The molecule has 0 spiro atoms. The largest absolute Gasteiger partial charge is 0.370 e. The maximum Gasteiger partial charge on any atom is 0.219 e. The van der Waals surface area contributed by atoms with Crippen LogP contribution in [0.2, 0.25) is 0 Å². The number of rotatable bonds is 5. The molecule has 2 unspecified atom stereocenters. The third-order valence-electron chi connectivity index (χ3n) is 1.88. The molecular formula is C8H16N2O2. The number of hydrogen-bond acceptors (Lipinski definition) is 3. The summed E-state index contributed by atoms with van der Waals surface area (Å²) in [4.78, 5) is 21.7. The van der Waals surface area contributed by atoms with Crippen molar-refractivity contribution in [2.45, 2.75) is 32.7 Å². The van der Waals surface area contributed by atoms with Crippen LogP contribution in [0, 0.1) is 5.92 Å². The molecule has 0 aliphatic carbocycles. The van der Waals surface area contributed by atoms with Gasteiger partial charge in [0.05, 0.1) is 6.04 Å². The minimum Gasteiger partial charge on any atom is -0.370 e. The number of amides is 1. The number of Topliss-reactive ketones (excluding diaryl/α,β-unsaturated/α-hetero) is 1. The lowest BCUT2D eigenvalue weighted by Crippen LogP contribution is -2.38. The van der Waals surface area contributed by atoms with Crippen LogP contribution in [0.15, 0.2) is 0 Å². The molecule has 0 heterocycles. The van der Waals surface area contributed by atoms with Crippen LogP contribution in [0.3, 0.4) is 0 Å². The standard InChI is InChI=1S/C8H16N2O2/c1-3-5(2)8(12)6(9)4-7(10)11/h5-6H,3-4,9H2,1-2H3,(H2,10,11). The second-order valence-electron chi connectivity index (χ2n) is 2.99. The number of ketones is 1. The monoisotopic (exact) mass is 172 g/mol.